The number of nitrogens with zero attached hydrogens (tertiary/aromatic N) is 4. The van der Waals surface area contributed by atoms with Gasteiger partial charge in [0.1, 0.15) is 0 Å². The maximum atomic E-state index is 5.04. The van der Waals surface area contributed by atoms with Crippen molar-refractivity contribution >= 4 is 6.08 Å². The second-order valence-electron chi connectivity index (χ2n) is 8.19. The Morgan fingerprint density at radius 3 is 2.36 bits per heavy atom. The van der Waals surface area contributed by atoms with Crippen LogP contribution >= 0.6 is 0 Å². The van der Waals surface area contributed by atoms with Gasteiger partial charge in [-0.25, -0.2) is 0 Å². The van der Waals surface area contributed by atoms with Crippen molar-refractivity contribution in [2.45, 2.75) is 49.6 Å². The molecule has 2 unspecified atom stereocenters. The molecule has 4 saturated heterocycles. The van der Waals surface area contributed by atoms with Crippen LogP contribution in [0.25, 0.3) is 6.08 Å². The molecule has 28 heavy (non-hydrogen) atoms. The summed E-state index contributed by atoms with van der Waals surface area (Å²) in [6.45, 7) is 4.96. The standard InChI is InChI=1S/C11H14N2O.C11H12N2O/c2*1-4-11(6-9-13(11)8-1)5-2-10-3-7-12-14-10/h2-3,5,7H,1,4,6,8-9H2;3,7H,1,4,6,8-9H2. The zero-order valence-electron chi connectivity index (χ0n) is 16.1. The third-order valence-corrected chi connectivity index (χ3v) is 6.77. The highest BCUT2D eigenvalue weighted by atomic mass is 16.5. The van der Waals surface area contributed by atoms with Gasteiger partial charge in [0.2, 0.25) is 5.76 Å². The summed E-state index contributed by atoms with van der Waals surface area (Å²) < 4.78 is 10.00. The van der Waals surface area contributed by atoms with Crippen molar-refractivity contribution in [3.05, 3.63) is 42.1 Å². The van der Waals surface area contributed by atoms with Crippen LogP contribution in [-0.2, 0) is 0 Å². The van der Waals surface area contributed by atoms with E-state index in [0.29, 0.717) is 11.3 Å². The van der Waals surface area contributed by atoms with Crippen LogP contribution in [0.1, 0.15) is 50.0 Å². The minimum Gasteiger partial charge on any atom is -0.357 e. The first-order chi connectivity index (χ1) is 13.8. The third kappa shape index (κ3) is 3.19. The highest BCUT2D eigenvalue weighted by Gasteiger charge is 2.47. The topological polar surface area (TPSA) is 58.5 Å². The lowest BCUT2D eigenvalue weighted by molar-refractivity contribution is 0.0720. The third-order valence-electron chi connectivity index (χ3n) is 6.77. The summed E-state index contributed by atoms with van der Waals surface area (Å²) in [7, 11) is 0. The average Bonchev–Trinajstić information content (AvgIpc) is 3.46. The Labute approximate surface area is 165 Å². The monoisotopic (exact) mass is 378 g/mol. The molecule has 0 bridgehead atoms. The summed E-state index contributed by atoms with van der Waals surface area (Å²) in [5, 5.41) is 7.32. The van der Waals surface area contributed by atoms with Gasteiger partial charge in [-0.1, -0.05) is 22.3 Å². The average molecular weight is 378 g/mol. The highest BCUT2D eigenvalue weighted by molar-refractivity contribution is 5.45. The molecule has 0 spiro atoms. The molecule has 6 rings (SSSR count). The molecular formula is C22H26N4O2. The first kappa shape index (κ1) is 17.7. The fourth-order valence-electron chi connectivity index (χ4n) is 4.95. The van der Waals surface area contributed by atoms with Gasteiger partial charge in [0, 0.05) is 30.8 Å². The van der Waals surface area contributed by atoms with E-state index in [-0.39, 0.29) is 5.54 Å². The quantitative estimate of drug-likeness (QED) is 0.748. The molecule has 2 aromatic heterocycles. The van der Waals surface area contributed by atoms with Crippen molar-refractivity contribution in [1.82, 2.24) is 20.1 Å². The smallest absolute Gasteiger partial charge is 0.209 e. The first-order valence-corrected chi connectivity index (χ1v) is 10.3. The maximum absolute atomic E-state index is 5.04. The van der Waals surface area contributed by atoms with E-state index in [9.17, 15) is 0 Å². The summed E-state index contributed by atoms with van der Waals surface area (Å²) in [5.74, 6) is 7.95. The van der Waals surface area contributed by atoms with E-state index in [1.807, 2.05) is 12.1 Å². The lowest BCUT2D eigenvalue weighted by Gasteiger charge is -2.46. The van der Waals surface area contributed by atoms with Crippen molar-refractivity contribution < 1.29 is 9.05 Å². The second-order valence-corrected chi connectivity index (χ2v) is 8.19. The zero-order valence-corrected chi connectivity index (χ0v) is 16.1. The predicted octanol–water partition coefficient (Wildman–Crippen LogP) is 3.19. The van der Waals surface area contributed by atoms with Crippen LogP contribution in [0.15, 0.2) is 39.6 Å². The van der Waals surface area contributed by atoms with E-state index < -0.39 is 0 Å². The number of hydrogen-bond donors (Lipinski definition) is 0. The Balaban J connectivity index is 0.000000122. The van der Waals surface area contributed by atoms with Crippen molar-refractivity contribution in [3.8, 4) is 11.8 Å². The van der Waals surface area contributed by atoms with Gasteiger partial charge in [-0.3, -0.25) is 9.80 Å². The van der Waals surface area contributed by atoms with Crippen molar-refractivity contribution in [3.63, 3.8) is 0 Å². The Hall–Kier alpha value is -2.36. The fraction of sp³-hybridized carbons (Fsp3) is 0.545. The van der Waals surface area contributed by atoms with Crippen LogP contribution in [0.5, 0.6) is 0 Å². The molecule has 146 valence electrons. The van der Waals surface area contributed by atoms with E-state index in [4.69, 9.17) is 9.05 Å². The molecule has 0 N–H and O–H groups in total. The van der Waals surface area contributed by atoms with Crippen LogP contribution < -0.4 is 0 Å². The van der Waals surface area contributed by atoms with Crippen LogP contribution in [0.4, 0.5) is 0 Å². The molecule has 0 aromatic carbocycles. The summed E-state index contributed by atoms with van der Waals surface area (Å²) >= 11 is 0. The molecule has 4 aliphatic heterocycles. The van der Waals surface area contributed by atoms with Crippen molar-refractivity contribution in [1.29, 1.82) is 0 Å². The summed E-state index contributed by atoms with van der Waals surface area (Å²) in [6, 6.07) is 3.70. The molecule has 0 radical (unpaired) electrons. The number of fused-ring (bicyclic) bond motifs is 2. The van der Waals surface area contributed by atoms with E-state index in [1.54, 1.807) is 12.4 Å². The molecule has 0 amide bonds. The second kappa shape index (κ2) is 7.23. The van der Waals surface area contributed by atoms with Crippen LogP contribution in [0.3, 0.4) is 0 Å². The Bertz CT molecular complexity index is 880. The van der Waals surface area contributed by atoms with Gasteiger partial charge >= 0.3 is 0 Å². The first-order valence-electron chi connectivity index (χ1n) is 10.3. The lowest BCUT2D eigenvalue weighted by atomic mass is 9.84. The fourth-order valence-corrected chi connectivity index (χ4v) is 4.95. The predicted molar refractivity (Wildman–Crippen MR) is 105 cm³/mol. The van der Waals surface area contributed by atoms with Crippen molar-refractivity contribution in [2.24, 2.45) is 0 Å². The van der Waals surface area contributed by atoms with Gasteiger partial charge < -0.3 is 9.05 Å². The van der Waals surface area contributed by atoms with Gasteiger partial charge in [-0.2, -0.15) is 0 Å². The van der Waals surface area contributed by atoms with Gasteiger partial charge in [0.05, 0.1) is 17.9 Å². The normalized spacial score (nSPS) is 31.1. The lowest BCUT2D eigenvalue weighted by Crippen LogP contribution is -2.54. The molecule has 4 fully saturated rings. The molecule has 6 heterocycles. The zero-order chi connectivity index (χ0) is 18.9. The van der Waals surface area contributed by atoms with Gasteiger partial charge in [-0.05, 0) is 63.6 Å². The molecule has 4 aliphatic rings. The highest BCUT2D eigenvalue weighted by Crippen LogP contribution is 2.42. The van der Waals surface area contributed by atoms with E-state index >= 15 is 0 Å². The van der Waals surface area contributed by atoms with Gasteiger partial charge in [0.25, 0.3) is 0 Å². The number of aromatic nitrogens is 2. The number of hydrogen-bond acceptors (Lipinski definition) is 6. The molecule has 6 nitrogen and oxygen atoms in total. The molecule has 2 aromatic rings. The maximum Gasteiger partial charge on any atom is 0.209 e. The molecular weight excluding hydrogens is 352 g/mol. The number of rotatable bonds is 2. The van der Waals surface area contributed by atoms with Gasteiger partial charge in [-0.15, -0.1) is 0 Å². The minimum atomic E-state index is 0.187. The largest absolute Gasteiger partial charge is 0.357 e. The van der Waals surface area contributed by atoms with Gasteiger partial charge in [0.15, 0.2) is 5.76 Å². The molecule has 0 saturated carbocycles. The Morgan fingerprint density at radius 2 is 1.71 bits per heavy atom. The van der Waals surface area contributed by atoms with Crippen molar-refractivity contribution in [2.75, 3.05) is 26.2 Å². The SMILES string of the molecule is C(#CC12CCCN1CC2)c1ccno1.C(=CC12CCCN1CC2)c1ccno1. The Kier molecular flexibility index (Phi) is 4.58. The van der Waals surface area contributed by atoms with Crippen LogP contribution in [0.2, 0.25) is 0 Å². The summed E-state index contributed by atoms with van der Waals surface area (Å²) in [4.78, 5) is 5.02. The van der Waals surface area contributed by atoms with E-state index in [2.05, 4.69) is 44.1 Å². The molecule has 2 atom stereocenters. The Morgan fingerprint density at radius 1 is 0.893 bits per heavy atom. The van der Waals surface area contributed by atoms with Crippen LogP contribution in [-0.4, -0.2) is 57.4 Å². The molecule has 0 aliphatic carbocycles. The summed E-state index contributed by atoms with van der Waals surface area (Å²) in [6.07, 6.45) is 15.3. The van der Waals surface area contributed by atoms with E-state index in [0.717, 1.165) is 5.76 Å². The van der Waals surface area contributed by atoms with E-state index in [1.165, 1.54) is 64.7 Å². The molecule has 6 heteroatoms. The van der Waals surface area contributed by atoms with Crippen LogP contribution in [0, 0.1) is 11.8 Å². The summed E-state index contributed by atoms with van der Waals surface area (Å²) in [5.41, 5.74) is 0.555. The minimum absolute atomic E-state index is 0.187.